The molecule has 2 unspecified atom stereocenters. The summed E-state index contributed by atoms with van der Waals surface area (Å²) in [5.74, 6) is 1.47. The topological polar surface area (TPSA) is 34.9 Å². The number of fused-ring (bicyclic) bond motifs is 1. The van der Waals surface area contributed by atoms with Crippen molar-refractivity contribution in [3.05, 3.63) is 29.6 Å². The molecule has 1 aromatic heterocycles. The van der Waals surface area contributed by atoms with E-state index in [4.69, 9.17) is 11.6 Å². The molecule has 0 aliphatic heterocycles. The maximum absolute atomic E-state index is 11.3. The standard InChI is InChI=1S/C13H17ClN2OS/c1-9-4-5-11-12(8-9)16(6-7-18(3)17)13(15-11)10(2)14/h4-5,8,10H,6-7H2,1-3H3. The first-order chi connectivity index (χ1) is 8.49. The van der Waals surface area contributed by atoms with Gasteiger partial charge in [-0.2, -0.15) is 0 Å². The van der Waals surface area contributed by atoms with Crippen molar-refractivity contribution < 1.29 is 4.21 Å². The second-order valence-corrected chi connectivity index (χ2v) is 6.72. The predicted molar refractivity (Wildman–Crippen MR) is 77.7 cm³/mol. The van der Waals surface area contributed by atoms with E-state index in [0.29, 0.717) is 12.3 Å². The third-order valence-electron chi connectivity index (χ3n) is 2.89. The van der Waals surface area contributed by atoms with Gasteiger partial charge in [-0.25, -0.2) is 4.98 Å². The van der Waals surface area contributed by atoms with Gasteiger partial charge in [-0.05, 0) is 31.5 Å². The zero-order valence-corrected chi connectivity index (χ0v) is 12.4. The van der Waals surface area contributed by atoms with Gasteiger partial charge in [-0.3, -0.25) is 4.21 Å². The van der Waals surface area contributed by atoms with E-state index in [1.54, 1.807) is 6.26 Å². The van der Waals surface area contributed by atoms with Crippen LogP contribution < -0.4 is 0 Å². The van der Waals surface area contributed by atoms with Crippen molar-refractivity contribution in [2.24, 2.45) is 0 Å². The number of hydrogen-bond donors (Lipinski definition) is 0. The lowest BCUT2D eigenvalue weighted by Crippen LogP contribution is -2.10. The maximum atomic E-state index is 11.3. The van der Waals surface area contributed by atoms with Crippen LogP contribution in [0.1, 0.15) is 23.7 Å². The molecule has 0 spiro atoms. The van der Waals surface area contributed by atoms with E-state index in [1.165, 1.54) is 5.56 Å². The van der Waals surface area contributed by atoms with Crippen LogP contribution in [0.2, 0.25) is 0 Å². The first kappa shape index (κ1) is 13.6. The highest BCUT2D eigenvalue weighted by molar-refractivity contribution is 7.84. The minimum absolute atomic E-state index is 0.150. The quantitative estimate of drug-likeness (QED) is 0.809. The van der Waals surface area contributed by atoms with Crippen LogP contribution in [-0.2, 0) is 17.3 Å². The molecule has 5 heteroatoms. The van der Waals surface area contributed by atoms with Gasteiger partial charge >= 0.3 is 0 Å². The molecule has 0 fully saturated rings. The molecule has 0 saturated carbocycles. The van der Waals surface area contributed by atoms with Crippen LogP contribution >= 0.6 is 11.6 Å². The van der Waals surface area contributed by atoms with Crippen LogP contribution in [0.15, 0.2) is 18.2 Å². The Balaban J connectivity index is 2.53. The number of rotatable bonds is 4. The Morgan fingerprint density at radius 3 is 2.83 bits per heavy atom. The fraction of sp³-hybridized carbons (Fsp3) is 0.462. The molecule has 0 amide bonds. The number of alkyl halides is 1. The van der Waals surface area contributed by atoms with Gasteiger partial charge in [0.15, 0.2) is 0 Å². The molecule has 0 saturated heterocycles. The number of benzene rings is 1. The summed E-state index contributed by atoms with van der Waals surface area (Å²) in [6.45, 7) is 4.66. The highest BCUT2D eigenvalue weighted by Gasteiger charge is 2.14. The van der Waals surface area contributed by atoms with Gasteiger partial charge < -0.3 is 4.57 Å². The van der Waals surface area contributed by atoms with Gasteiger partial charge in [0, 0.05) is 29.4 Å². The van der Waals surface area contributed by atoms with E-state index >= 15 is 0 Å². The third-order valence-corrected chi connectivity index (χ3v) is 3.84. The first-order valence-electron chi connectivity index (χ1n) is 5.90. The SMILES string of the molecule is Cc1ccc2nc(C(C)Cl)n(CCS(C)=O)c2c1. The Hall–Kier alpha value is -0.870. The third kappa shape index (κ3) is 2.75. The summed E-state index contributed by atoms with van der Waals surface area (Å²) < 4.78 is 13.4. The summed E-state index contributed by atoms with van der Waals surface area (Å²) in [5.41, 5.74) is 3.21. The van der Waals surface area contributed by atoms with Gasteiger partial charge in [0.2, 0.25) is 0 Å². The molecule has 2 rings (SSSR count). The molecule has 18 heavy (non-hydrogen) atoms. The zero-order valence-electron chi connectivity index (χ0n) is 10.8. The number of imidazole rings is 1. The monoisotopic (exact) mass is 284 g/mol. The van der Waals surface area contributed by atoms with E-state index in [9.17, 15) is 4.21 Å². The second-order valence-electron chi connectivity index (χ2n) is 4.51. The Morgan fingerprint density at radius 2 is 2.22 bits per heavy atom. The summed E-state index contributed by atoms with van der Waals surface area (Å²) in [6, 6.07) is 6.15. The fourth-order valence-electron chi connectivity index (χ4n) is 2.01. The molecule has 0 aliphatic rings. The van der Waals surface area contributed by atoms with Crippen molar-refractivity contribution in [1.29, 1.82) is 0 Å². The average molecular weight is 285 g/mol. The van der Waals surface area contributed by atoms with Crippen LogP contribution in [0, 0.1) is 6.92 Å². The summed E-state index contributed by atoms with van der Waals surface area (Å²) in [7, 11) is -0.812. The van der Waals surface area contributed by atoms with E-state index in [0.717, 1.165) is 16.9 Å². The van der Waals surface area contributed by atoms with Gasteiger partial charge in [0.1, 0.15) is 5.82 Å². The maximum Gasteiger partial charge on any atom is 0.127 e. The zero-order chi connectivity index (χ0) is 13.3. The van der Waals surface area contributed by atoms with Gasteiger partial charge in [-0.1, -0.05) is 6.07 Å². The van der Waals surface area contributed by atoms with E-state index < -0.39 is 10.8 Å². The lowest BCUT2D eigenvalue weighted by molar-refractivity contribution is 0.672. The number of halogens is 1. The molecule has 0 bridgehead atoms. The van der Waals surface area contributed by atoms with Gasteiger partial charge in [0.05, 0.1) is 16.4 Å². The van der Waals surface area contributed by atoms with Crippen molar-refractivity contribution in [3.8, 4) is 0 Å². The van der Waals surface area contributed by atoms with Crippen molar-refractivity contribution in [2.45, 2.75) is 25.8 Å². The summed E-state index contributed by atoms with van der Waals surface area (Å²) in [6.07, 6.45) is 1.72. The lowest BCUT2D eigenvalue weighted by atomic mass is 10.2. The Morgan fingerprint density at radius 1 is 1.50 bits per heavy atom. The van der Waals surface area contributed by atoms with Crippen LogP contribution in [0.5, 0.6) is 0 Å². The van der Waals surface area contributed by atoms with E-state index in [-0.39, 0.29) is 5.38 Å². The van der Waals surface area contributed by atoms with E-state index in [2.05, 4.69) is 22.5 Å². The van der Waals surface area contributed by atoms with Gasteiger partial charge in [0.25, 0.3) is 0 Å². The molecular formula is C13H17ClN2OS. The molecule has 0 N–H and O–H groups in total. The number of nitrogens with zero attached hydrogens (tertiary/aromatic N) is 2. The van der Waals surface area contributed by atoms with Crippen LogP contribution in [0.3, 0.4) is 0 Å². The number of hydrogen-bond acceptors (Lipinski definition) is 2. The highest BCUT2D eigenvalue weighted by Crippen LogP contribution is 2.25. The van der Waals surface area contributed by atoms with Crippen LogP contribution in [0.25, 0.3) is 11.0 Å². The minimum atomic E-state index is -0.812. The number of aromatic nitrogens is 2. The molecule has 2 aromatic rings. The molecule has 2 atom stereocenters. The molecular weight excluding hydrogens is 268 g/mol. The molecule has 0 radical (unpaired) electrons. The predicted octanol–water partition coefficient (Wildman–Crippen LogP) is 3.02. The average Bonchev–Trinajstić information content (AvgIpc) is 2.64. The first-order valence-corrected chi connectivity index (χ1v) is 8.06. The molecule has 1 aromatic carbocycles. The summed E-state index contributed by atoms with van der Waals surface area (Å²) in [5, 5.41) is -0.150. The largest absolute Gasteiger partial charge is 0.326 e. The molecule has 98 valence electrons. The normalized spacial score (nSPS) is 14.9. The van der Waals surface area contributed by atoms with Crippen molar-refractivity contribution >= 4 is 33.4 Å². The smallest absolute Gasteiger partial charge is 0.127 e. The van der Waals surface area contributed by atoms with Crippen LogP contribution in [-0.4, -0.2) is 25.8 Å². The summed E-state index contributed by atoms with van der Waals surface area (Å²) in [4.78, 5) is 4.56. The fourth-order valence-corrected chi connectivity index (χ4v) is 2.62. The minimum Gasteiger partial charge on any atom is -0.326 e. The number of aryl methyl sites for hydroxylation is 2. The van der Waals surface area contributed by atoms with Gasteiger partial charge in [-0.15, -0.1) is 11.6 Å². The molecule has 1 heterocycles. The highest BCUT2D eigenvalue weighted by atomic mass is 35.5. The Bertz CT molecular complexity index is 592. The van der Waals surface area contributed by atoms with E-state index in [1.807, 2.05) is 19.1 Å². The lowest BCUT2D eigenvalue weighted by Gasteiger charge is -2.09. The molecule has 0 aliphatic carbocycles. The molecule has 3 nitrogen and oxygen atoms in total. The summed E-state index contributed by atoms with van der Waals surface area (Å²) >= 11 is 6.18. The van der Waals surface area contributed by atoms with Crippen molar-refractivity contribution in [1.82, 2.24) is 9.55 Å². The van der Waals surface area contributed by atoms with Crippen LogP contribution in [0.4, 0.5) is 0 Å². The van der Waals surface area contributed by atoms with Crippen molar-refractivity contribution in [2.75, 3.05) is 12.0 Å². The Kier molecular flexibility index (Phi) is 4.07. The Labute approximate surface area is 115 Å². The van der Waals surface area contributed by atoms with Crippen molar-refractivity contribution in [3.63, 3.8) is 0 Å². The second kappa shape index (κ2) is 5.41.